The van der Waals surface area contributed by atoms with Crippen LogP contribution in [-0.4, -0.2) is 5.11 Å². The molecule has 0 unspecified atom stereocenters. The van der Waals surface area contributed by atoms with E-state index in [1.165, 1.54) is 0 Å². The maximum atomic E-state index is 9.74. The van der Waals surface area contributed by atoms with Crippen molar-refractivity contribution in [2.24, 2.45) is 5.84 Å². The molecule has 0 spiro atoms. The summed E-state index contributed by atoms with van der Waals surface area (Å²) in [5.74, 6) is 5.44. The lowest BCUT2D eigenvalue weighted by Crippen LogP contribution is -2.19. The molecule has 5 heteroatoms. The summed E-state index contributed by atoms with van der Waals surface area (Å²) >= 11 is 6.56. The predicted octanol–water partition coefficient (Wildman–Crippen LogP) is 2.48. The molecule has 0 aliphatic heterocycles. The molecular weight excluding hydrogens is 312 g/mol. The van der Waals surface area contributed by atoms with E-state index in [4.69, 9.17) is 5.84 Å². The third-order valence-electron chi connectivity index (χ3n) is 1.84. The number of alkyl halides is 1. The van der Waals surface area contributed by atoms with Gasteiger partial charge in [-0.25, -0.2) is 0 Å². The highest BCUT2D eigenvalue weighted by Gasteiger charge is 2.10. The Labute approximate surface area is 99.2 Å². The molecule has 0 fully saturated rings. The lowest BCUT2D eigenvalue weighted by molar-refractivity contribution is 0.467. The molecule has 1 aromatic carbocycles. The summed E-state index contributed by atoms with van der Waals surface area (Å²) in [4.78, 5) is 0. The van der Waals surface area contributed by atoms with Crippen molar-refractivity contribution in [1.29, 1.82) is 0 Å². The van der Waals surface area contributed by atoms with E-state index in [2.05, 4.69) is 43.9 Å². The quantitative estimate of drug-likeness (QED) is 0.455. The van der Waals surface area contributed by atoms with E-state index in [0.29, 0.717) is 15.5 Å². The Morgan fingerprint density at radius 1 is 1.57 bits per heavy atom. The molecule has 0 saturated carbocycles. The highest BCUT2D eigenvalue weighted by Crippen LogP contribution is 2.34. The zero-order valence-corrected chi connectivity index (χ0v) is 10.5. The Morgan fingerprint density at radius 2 is 2.21 bits per heavy atom. The molecule has 1 aromatic rings. The van der Waals surface area contributed by atoms with Crippen LogP contribution in [0.15, 0.2) is 23.2 Å². The third kappa shape index (κ3) is 2.10. The second-order valence-corrected chi connectivity index (χ2v) is 4.05. The topological polar surface area (TPSA) is 58.3 Å². The summed E-state index contributed by atoms with van der Waals surface area (Å²) in [5, 5.41) is 10.3. The summed E-state index contributed by atoms with van der Waals surface area (Å²) < 4.78 is 0.595. The first kappa shape index (κ1) is 11.6. The van der Waals surface area contributed by atoms with Gasteiger partial charge in [0.1, 0.15) is 5.75 Å². The number of aromatic hydroxyl groups is 1. The fraction of sp³-hybridized carbons (Fsp3) is 0.111. The van der Waals surface area contributed by atoms with Gasteiger partial charge in [0.2, 0.25) is 0 Å². The number of hydrogen-bond acceptors (Lipinski definition) is 3. The summed E-state index contributed by atoms with van der Waals surface area (Å²) in [5.41, 5.74) is 4.54. The van der Waals surface area contributed by atoms with Gasteiger partial charge in [-0.2, -0.15) is 0 Å². The summed E-state index contributed by atoms with van der Waals surface area (Å²) in [6.45, 7) is 3.71. The van der Waals surface area contributed by atoms with Crippen LogP contribution in [0.2, 0.25) is 0 Å². The monoisotopic (exact) mass is 320 g/mol. The lowest BCUT2D eigenvalue weighted by atomic mass is 10.1. The van der Waals surface area contributed by atoms with E-state index in [1.807, 2.05) is 12.1 Å². The van der Waals surface area contributed by atoms with E-state index in [1.54, 1.807) is 0 Å². The highest BCUT2D eigenvalue weighted by molar-refractivity contribution is 9.10. The Balaban J connectivity index is 3.24. The van der Waals surface area contributed by atoms with Gasteiger partial charge in [-0.05, 0) is 15.9 Å². The molecule has 0 bridgehead atoms. The highest BCUT2D eigenvalue weighted by atomic mass is 79.9. The van der Waals surface area contributed by atoms with Gasteiger partial charge in [0.25, 0.3) is 0 Å². The summed E-state index contributed by atoms with van der Waals surface area (Å²) in [6.07, 6.45) is 0. The molecule has 0 atom stereocenters. The minimum Gasteiger partial charge on any atom is -0.506 e. The summed E-state index contributed by atoms with van der Waals surface area (Å²) in [6, 6.07) is 3.65. The van der Waals surface area contributed by atoms with Crippen LogP contribution in [0, 0.1) is 0 Å². The van der Waals surface area contributed by atoms with Crippen LogP contribution in [0.1, 0.15) is 11.1 Å². The Morgan fingerprint density at radius 3 is 2.71 bits per heavy atom. The molecule has 1 rings (SSSR count). The van der Waals surface area contributed by atoms with Crippen molar-refractivity contribution < 1.29 is 5.11 Å². The Kier molecular flexibility index (Phi) is 3.97. The maximum Gasteiger partial charge on any atom is 0.134 e. The minimum absolute atomic E-state index is 0.204. The molecule has 0 saturated heterocycles. The van der Waals surface area contributed by atoms with Crippen molar-refractivity contribution in [2.45, 2.75) is 5.33 Å². The number of nitrogens with one attached hydrogen (secondary N) is 1. The van der Waals surface area contributed by atoms with Crippen LogP contribution < -0.4 is 11.3 Å². The smallest absolute Gasteiger partial charge is 0.134 e. The third-order valence-corrected chi connectivity index (χ3v) is 3.25. The SMILES string of the molecule is C=C(NN)c1ccc(CBr)c(O)c1Br. The fourth-order valence-electron chi connectivity index (χ4n) is 1.02. The van der Waals surface area contributed by atoms with Crippen LogP contribution >= 0.6 is 31.9 Å². The van der Waals surface area contributed by atoms with Crippen LogP contribution in [-0.2, 0) is 5.33 Å². The van der Waals surface area contributed by atoms with E-state index in [-0.39, 0.29) is 5.75 Å². The van der Waals surface area contributed by atoms with Gasteiger partial charge in [-0.1, -0.05) is 34.6 Å². The van der Waals surface area contributed by atoms with Crippen LogP contribution in [0.25, 0.3) is 5.70 Å². The molecule has 3 nitrogen and oxygen atoms in total. The van der Waals surface area contributed by atoms with E-state index in [0.717, 1.165) is 11.1 Å². The molecule has 0 amide bonds. The number of halogens is 2. The molecule has 0 aromatic heterocycles. The normalized spacial score (nSPS) is 9.93. The van der Waals surface area contributed by atoms with Gasteiger partial charge in [-0.3, -0.25) is 5.84 Å². The van der Waals surface area contributed by atoms with Crippen molar-refractivity contribution >= 4 is 37.6 Å². The second kappa shape index (κ2) is 4.82. The zero-order chi connectivity index (χ0) is 10.7. The van der Waals surface area contributed by atoms with Crippen LogP contribution in [0.3, 0.4) is 0 Å². The fourth-order valence-corrected chi connectivity index (χ4v) is 2.10. The molecule has 0 radical (unpaired) electrons. The standard InChI is InChI=1S/C9H10Br2N2O/c1-5(13-12)7-3-2-6(4-10)9(14)8(7)11/h2-3,13-14H,1,4,12H2. The Hall–Kier alpha value is -0.520. The molecule has 4 N–H and O–H groups in total. The number of hydrogen-bond donors (Lipinski definition) is 3. The van der Waals surface area contributed by atoms with E-state index < -0.39 is 0 Å². The predicted molar refractivity (Wildman–Crippen MR) is 64.8 cm³/mol. The molecule has 14 heavy (non-hydrogen) atoms. The van der Waals surface area contributed by atoms with Gasteiger partial charge in [0.15, 0.2) is 0 Å². The molecule has 0 aliphatic rings. The lowest BCUT2D eigenvalue weighted by Gasteiger charge is -2.10. The van der Waals surface area contributed by atoms with Crippen molar-refractivity contribution in [3.05, 3.63) is 34.3 Å². The van der Waals surface area contributed by atoms with Crippen molar-refractivity contribution in [3.8, 4) is 5.75 Å². The van der Waals surface area contributed by atoms with Gasteiger partial charge in [0, 0.05) is 22.2 Å². The van der Waals surface area contributed by atoms with Gasteiger partial charge >= 0.3 is 0 Å². The van der Waals surface area contributed by atoms with Gasteiger partial charge in [-0.15, -0.1) is 0 Å². The largest absolute Gasteiger partial charge is 0.506 e. The molecular formula is C9H10Br2N2O. The first-order chi connectivity index (χ1) is 6.61. The van der Waals surface area contributed by atoms with E-state index >= 15 is 0 Å². The van der Waals surface area contributed by atoms with E-state index in [9.17, 15) is 5.11 Å². The van der Waals surface area contributed by atoms with Crippen LogP contribution in [0.5, 0.6) is 5.75 Å². The first-order valence-corrected chi connectivity index (χ1v) is 5.75. The molecule has 76 valence electrons. The number of phenolic OH excluding ortho intramolecular Hbond substituents is 1. The Bertz CT molecular complexity index is 366. The molecule has 0 aliphatic carbocycles. The average Bonchev–Trinajstić information content (AvgIpc) is 2.21. The van der Waals surface area contributed by atoms with Crippen molar-refractivity contribution in [2.75, 3.05) is 0 Å². The minimum atomic E-state index is 0.204. The van der Waals surface area contributed by atoms with Gasteiger partial charge in [0.05, 0.1) is 4.47 Å². The number of phenols is 1. The number of benzene rings is 1. The van der Waals surface area contributed by atoms with Crippen molar-refractivity contribution in [1.82, 2.24) is 5.43 Å². The van der Waals surface area contributed by atoms with Crippen LogP contribution in [0.4, 0.5) is 0 Å². The van der Waals surface area contributed by atoms with Gasteiger partial charge < -0.3 is 10.5 Å². The first-order valence-electron chi connectivity index (χ1n) is 3.84. The number of rotatable bonds is 3. The summed E-state index contributed by atoms with van der Waals surface area (Å²) in [7, 11) is 0. The number of hydrazine groups is 1. The maximum absolute atomic E-state index is 9.74. The number of nitrogens with two attached hydrogens (primary N) is 1. The van der Waals surface area contributed by atoms with Crippen molar-refractivity contribution in [3.63, 3.8) is 0 Å². The molecule has 0 heterocycles. The second-order valence-electron chi connectivity index (χ2n) is 2.69. The zero-order valence-electron chi connectivity index (χ0n) is 7.35. The average molecular weight is 322 g/mol.